The fourth-order valence-corrected chi connectivity index (χ4v) is 2.28. The van der Waals surface area contributed by atoms with Crippen LogP contribution in [-0.2, 0) is 6.54 Å². The lowest BCUT2D eigenvalue weighted by atomic mass is 10.1. The smallest absolute Gasteiger partial charge is 0.280 e. The number of fused-ring (bicyclic) bond motifs is 1. The molecule has 0 unspecified atom stereocenters. The summed E-state index contributed by atoms with van der Waals surface area (Å²) in [6, 6.07) is 8.21. The molecule has 1 amide bonds. The highest BCUT2D eigenvalue weighted by Gasteiger charge is 2.16. The molecule has 3 aromatic rings. The number of carbonyl (C=O) groups excluding carboxylic acids is 1. The van der Waals surface area contributed by atoms with Gasteiger partial charge in [-0.1, -0.05) is 18.2 Å². The van der Waals surface area contributed by atoms with Gasteiger partial charge in [-0.15, -0.1) is 0 Å². The number of aromatic nitrogens is 3. The first-order valence-electron chi connectivity index (χ1n) is 7.19. The fraction of sp³-hybridized carbons (Fsp3) is 0.125. The van der Waals surface area contributed by atoms with E-state index in [0.717, 1.165) is 0 Å². The number of halogens is 3. The van der Waals surface area contributed by atoms with Gasteiger partial charge in [-0.2, -0.15) is 0 Å². The molecule has 0 fully saturated rings. The Morgan fingerprint density at radius 1 is 1.12 bits per heavy atom. The lowest BCUT2D eigenvalue weighted by Gasteiger charge is -2.09. The molecule has 0 aliphatic rings. The first-order chi connectivity index (χ1) is 12.0. The van der Waals surface area contributed by atoms with Gasteiger partial charge in [-0.05, 0) is 18.2 Å². The minimum absolute atomic E-state index is 0.0713. The van der Waals surface area contributed by atoms with Crippen molar-refractivity contribution in [3.63, 3.8) is 0 Å². The molecule has 0 bridgehead atoms. The fourth-order valence-electron chi connectivity index (χ4n) is 2.28. The van der Waals surface area contributed by atoms with E-state index in [-0.39, 0.29) is 40.5 Å². The maximum absolute atomic E-state index is 13.8. The summed E-state index contributed by atoms with van der Waals surface area (Å²) in [6.07, 6.45) is -2.70. The Labute approximate surface area is 139 Å². The summed E-state index contributed by atoms with van der Waals surface area (Å²) >= 11 is 0. The topological polar surface area (TPSA) is 93.8 Å². The Morgan fingerprint density at radius 2 is 1.88 bits per heavy atom. The van der Waals surface area contributed by atoms with Gasteiger partial charge >= 0.3 is 0 Å². The van der Waals surface area contributed by atoms with E-state index in [2.05, 4.69) is 20.3 Å². The molecule has 128 valence electrons. The second-order valence-electron chi connectivity index (χ2n) is 5.10. The van der Waals surface area contributed by atoms with Crippen molar-refractivity contribution in [3.8, 4) is 0 Å². The van der Waals surface area contributed by atoms with Crippen molar-refractivity contribution in [1.29, 1.82) is 0 Å². The molecular formula is C16H12F3N5O. The zero-order valence-electron chi connectivity index (χ0n) is 12.7. The first kappa shape index (κ1) is 16.6. The molecule has 3 rings (SSSR count). The molecular weight excluding hydrogens is 335 g/mol. The number of rotatable bonds is 4. The Kier molecular flexibility index (Phi) is 4.46. The maximum Gasteiger partial charge on any atom is 0.280 e. The molecule has 0 atom stereocenters. The van der Waals surface area contributed by atoms with Crippen LogP contribution < -0.4 is 11.1 Å². The predicted molar refractivity (Wildman–Crippen MR) is 84.3 cm³/mol. The van der Waals surface area contributed by atoms with E-state index in [0.29, 0.717) is 0 Å². The van der Waals surface area contributed by atoms with Crippen LogP contribution >= 0.6 is 0 Å². The van der Waals surface area contributed by atoms with E-state index in [1.165, 1.54) is 36.4 Å². The monoisotopic (exact) mass is 347 g/mol. The molecule has 0 aliphatic carbocycles. The lowest BCUT2D eigenvalue weighted by molar-refractivity contribution is 0.0947. The van der Waals surface area contributed by atoms with E-state index < -0.39 is 18.1 Å². The van der Waals surface area contributed by atoms with Crippen molar-refractivity contribution >= 4 is 22.8 Å². The minimum atomic E-state index is -2.70. The van der Waals surface area contributed by atoms with Gasteiger partial charge in [0.25, 0.3) is 12.3 Å². The van der Waals surface area contributed by atoms with E-state index in [1.54, 1.807) is 0 Å². The minimum Gasteiger partial charge on any atom is -0.368 e. The van der Waals surface area contributed by atoms with E-state index in [4.69, 9.17) is 5.73 Å². The van der Waals surface area contributed by atoms with Crippen LogP contribution in [0.1, 0.15) is 28.3 Å². The summed E-state index contributed by atoms with van der Waals surface area (Å²) < 4.78 is 39.1. The highest BCUT2D eigenvalue weighted by Crippen LogP contribution is 2.20. The molecule has 0 saturated heterocycles. The van der Waals surface area contributed by atoms with Crippen molar-refractivity contribution < 1.29 is 18.0 Å². The molecule has 1 aromatic carbocycles. The largest absolute Gasteiger partial charge is 0.368 e. The number of nitrogens with two attached hydrogens (primary N) is 1. The van der Waals surface area contributed by atoms with E-state index >= 15 is 0 Å². The summed E-state index contributed by atoms with van der Waals surface area (Å²) in [7, 11) is 0. The number of para-hydroxylation sites is 1. The normalized spacial score (nSPS) is 11.0. The van der Waals surface area contributed by atoms with Gasteiger partial charge in [0.05, 0.1) is 12.2 Å². The zero-order chi connectivity index (χ0) is 18.0. The summed E-state index contributed by atoms with van der Waals surface area (Å²) in [5.74, 6) is -1.53. The Morgan fingerprint density at radius 3 is 2.64 bits per heavy atom. The number of nitrogen functional groups attached to an aromatic ring is 1. The van der Waals surface area contributed by atoms with E-state index in [1.807, 2.05) is 0 Å². The van der Waals surface area contributed by atoms with Crippen molar-refractivity contribution in [2.45, 2.75) is 13.0 Å². The van der Waals surface area contributed by atoms with Gasteiger partial charge in [0.2, 0.25) is 5.95 Å². The molecule has 2 heterocycles. The number of hydrogen-bond acceptors (Lipinski definition) is 5. The molecule has 0 aliphatic heterocycles. The molecule has 9 heteroatoms. The summed E-state index contributed by atoms with van der Waals surface area (Å²) in [5.41, 5.74) is 5.22. The highest BCUT2D eigenvalue weighted by molar-refractivity contribution is 6.04. The van der Waals surface area contributed by atoms with Crippen LogP contribution in [0.15, 0.2) is 36.4 Å². The Hall–Kier alpha value is -3.23. The molecule has 0 spiro atoms. The van der Waals surface area contributed by atoms with Crippen LogP contribution in [0.3, 0.4) is 0 Å². The van der Waals surface area contributed by atoms with Crippen LogP contribution in [0, 0.1) is 5.82 Å². The van der Waals surface area contributed by atoms with Crippen LogP contribution in [0.4, 0.5) is 19.1 Å². The lowest BCUT2D eigenvalue weighted by Crippen LogP contribution is -2.25. The number of carbonyl (C=O) groups is 1. The van der Waals surface area contributed by atoms with Crippen LogP contribution in [0.25, 0.3) is 10.9 Å². The van der Waals surface area contributed by atoms with Crippen LogP contribution in [-0.4, -0.2) is 20.9 Å². The summed E-state index contributed by atoms with van der Waals surface area (Å²) in [6.45, 7) is -0.0971. The number of alkyl halides is 2. The number of amides is 1. The summed E-state index contributed by atoms with van der Waals surface area (Å²) in [4.78, 5) is 23.7. The Bertz CT molecular complexity index is 948. The molecule has 0 saturated carbocycles. The van der Waals surface area contributed by atoms with Gasteiger partial charge in [0, 0.05) is 5.39 Å². The molecule has 25 heavy (non-hydrogen) atoms. The number of nitrogens with zero attached hydrogens (tertiary/aromatic N) is 3. The second-order valence-corrected chi connectivity index (χ2v) is 5.10. The maximum atomic E-state index is 13.8. The SMILES string of the molecule is Nc1nc(C(=O)NCc2cccc(C(F)F)n2)c2cccc(F)c2n1. The molecule has 0 radical (unpaired) electrons. The number of benzene rings is 1. The standard InChI is InChI=1S/C16H12F3N5O/c17-10-5-2-4-9-12(10)23-16(20)24-13(9)15(25)21-7-8-3-1-6-11(22-8)14(18)19/h1-6,14H,7H2,(H,21,25)(H2,20,23,24). The van der Waals surface area contributed by atoms with E-state index in [9.17, 15) is 18.0 Å². The van der Waals surface area contributed by atoms with Crippen molar-refractivity contribution in [2.24, 2.45) is 0 Å². The van der Waals surface area contributed by atoms with Gasteiger partial charge in [0.1, 0.15) is 22.7 Å². The van der Waals surface area contributed by atoms with Crippen molar-refractivity contribution in [2.75, 3.05) is 5.73 Å². The summed E-state index contributed by atoms with van der Waals surface area (Å²) in [5, 5.41) is 2.70. The average Bonchev–Trinajstić information content (AvgIpc) is 2.60. The van der Waals surface area contributed by atoms with Gasteiger partial charge in [0.15, 0.2) is 0 Å². The second kappa shape index (κ2) is 6.71. The number of nitrogens with one attached hydrogen (secondary N) is 1. The van der Waals surface area contributed by atoms with Crippen molar-refractivity contribution in [3.05, 3.63) is 59.3 Å². The van der Waals surface area contributed by atoms with Crippen LogP contribution in [0.5, 0.6) is 0 Å². The predicted octanol–water partition coefficient (Wildman–Crippen LogP) is 2.61. The third-order valence-corrected chi connectivity index (χ3v) is 3.39. The number of hydrogen-bond donors (Lipinski definition) is 2. The molecule has 2 aromatic heterocycles. The average molecular weight is 347 g/mol. The van der Waals surface area contributed by atoms with Crippen molar-refractivity contribution in [1.82, 2.24) is 20.3 Å². The number of anilines is 1. The molecule has 3 N–H and O–H groups in total. The van der Waals surface area contributed by atoms with Gasteiger partial charge in [-0.25, -0.2) is 28.1 Å². The Balaban J connectivity index is 1.86. The van der Waals surface area contributed by atoms with Gasteiger partial charge in [-0.3, -0.25) is 4.79 Å². The number of pyridine rings is 1. The highest BCUT2D eigenvalue weighted by atomic mass is 19.3. The third kappa shape index (κ3) is 3.49. The van der Waals surface area contributed by atoms with Gasteiger partial charge < -0.3 is 11.1 Å². The van der Waals surface area contributed by atoms with Crippen LogP contribution in [0.2, 0.25) is 0 Å². The molecule has 6 nitrogen and oxygen atoms in total. The third-order valence-electron chi connectivity index (χ3n) is 3.39. The first-order valence-corrected chi connectivity index (χ1v) is 7.19. The quantitative estimate of drug-likeness (QED) is 0.757. The zero-order valence-corrected chi connectivity index (χ0v) is 12.7.